The Bertz CT molecular complexity index is 374. The molecule has 4 heteroatoms. The first-order valence-electron chi connectivity index (χ1n) is 4.92. The number of benzene rings is 1. The first-order chi connectivity index (χ1) is 7.31. The van der Waals surface area contributed by atoms with Crippen LogP contribution in [0.4, 0.5) is 8.78 Å². The number of hydrogen-bond acceptors (Lipinski definition) is 2. The van der Waals surface area contributed by atoms with Gasteiger partial charge in [-0.05, 0) is 17.5 Å². The molecular formula is C12H14F2O2. The summed E-state index contributed by atoms with van der Waals surface area (Å²) >= 11 is 0. The van der Waals surface area contributed by atoms with E-state index < -0.39 is 23.2 Å². The van der Waals surface area contributed by atoms with Crippen LogP contribution in [0.3, 0.4) is 0 Å². The Balaban J connectivity index is 2.81. The lowest BCUT2D eigenvalue weighted by Crippen LogP contribution is -2.19. The zero-order valence-corrected chi connectivity index (χ0v) is 9.51. The van der Waals surface area contributed by atoms with Crippen LogP contribution in [0.15, 0.2) is 18.2 Å². The second kappa shape index (κ2) is 4.60. The molecule has 0 saturated heterocycles. The van der Waals surface area contributed by atoms with Crippen LogP contribution in [-0.4, -0.2) is 12.6 Å². The van der Waals surface area contributed by atoms with E-state index in [1.54, 1.807) is 0 Å². The molecule has 0 atom stereocenters. The number of carbonyl (C=O) groups is 1. The molecule has 0 unspecified atom stereocenters. The summed E-state index contributed by atoms with van der Waals surface area (Å²) in [6.07, 6.45) is 0. The number of hydrogen-bond donors (Lipinski definition) is 0. The normalized spacial score (nSPS) is 11.3. The third-order valence-electron chi connectivity index (χ3n) is 1.80. The van der Waals surface area contributed by atoms with Crippen molar-refractivity contribution in [1.29, 1.82) is 0 Å². The first kappa shape index (κ1) is 12.6. The van der Waals surface area contributed by atoms with Gasteiger partial charge >= 0.3 is 5.97 Å². The fourth-order valence-corrected chi connectivity index (χ4v) is 1.05. The molecule has 0 aromatic heterocycles. The molecule has 0 fully saturated rings. The minimum Gasteiger partial charge on any atom is -0.461 e. The summed E-state index contributed by atoms with van der Waals surface area (Å²) in [6.45, 7) is 5.69. The largest absolute Gasteiger partial charge is 0.461 e. The van der Waals surface area contributed by atoms with Crippen LogP contribution in [0.25, 0.3) is 0 Å². The maximum atomic E-state index is 13.2. The summed E-state index contributed by atoms with van der Waals surface area (Å²) in [7, 11) is 0. The molecule has 1 aromatic carbocycles. The van der Waals surface area contributed by atoms with Crippen molar-refractivity contribution in [2.45, 2.75) is 20.8 Å². The van der Waals surface area contributed by atoms with Crippen LogP contribution in [0.1, 0.15) is 31.1 Å². The highest BCUT2D eigenvalue weighted by Gasteiger charge is 2.20. The zero-order chi connectivity index (χ0) is 12.3. The summed E-state index contributed by atoms with van der Waals surface area (Å²) < 4.78 is 31.2. The van der Waals surface area contributed by atoms with E-state index in [0.717, 1.165) is 12.1 Å². The Kier molecular flexibility index (Phi) is 3.62. The molecule has 0 bridgehead atoms. The Morgan fingerprint density at radius 1 is 1.25 bits per heavy atom. The SMILES string of the molecule is CC(C)(C)COC(=O)c1c(F)cccc1F. The molecule has 0 N–H and O–H groups in total. The minimum absolute atomic E-state index is 0.111. The van der Waals surface area contributed by atoms with E-state index in [0.29, 0.717) is 0 Å². The molecule has 88 valence electrons. The van der Waals surface area contributed by atoms with Crippen molar-refractivity contribution in [3.05, 3.63) is 35.4 Å². The van der Waals surface area contributed by atoms with Crippen molar-refractivity contribution in [2.75, 3.05) is 6.61 Å². The van der Waals surface area contributed by atoms with Gasteiger partial charge in [0, 0.05) is 0 Å². The Hall–Kier alpha value is -1.45. The topological polar surface area (TPSA) is 26.3 Å². The molecule has 1 aromatic rings. The summed E-state index contributed by atoms with van der Waals surface area (Å²) in [6, 6.07) is 3.25. The molecule has 0 heterocycles. The molecule has 16 heavy (non-hydrogen) atoms. The quantitative estimate of drug-likeness (QED) is 0.727. The fourth-order valence-electron chi connectivity index (χ4n) is 1.05. The lowest BCUT2D eigenvalue weighted by molar-refractivity contribution is 0.0356. The predicted molar refractivity (Wildman–Crippen MR) is 56.1 cm³/mol. The van der Waals surface area contributed by atoms with Gasteiger partial charge in [-0.1, -0.05) is 26.8 Å². The van der Waals surface area contributed by atoms with Gasteiger partial charge in [0.05, 0.1) is 6.61 Å². The Morgan fingerprint density at radius 2 is 1.75 bits per heavy atom. The van der Waals surface area contributed by atoms with Crippen molar-refractivity contribution in [3.8, 4) is 0 Å². The van der Waals surface area contributed by atoms with Gasteiger partial charge in [0.25, 0.3) is 0 Å². The van der Waals surface area contributed by atoms with E-state index in [4.69, 9.17) is 4.74 Å². The van der Waals surface area contributed by atoms with E-state index in [1.807, 2.05) is 20.8 Å². The number of rotatable bonds is 2. The van der Waals surface area contributed by atoms with Crippen molar-refractivity contribution in [2.24, 2.45) is 5.41 Å². The van der Waals surface area contributed by atoms with Crippen LogP contribution in [-0.2, 0) is 4.74 Å². The second-order valence-corrected chi connectivity index (χ2v) is 4.73. The van der Waals surface area contributed by atoms with Gasteiger partial charge in [-0.3, -0.25) is 0 Å². The minimum atomic E-state index is -0.967. The molecule has 0 amide bonds. The fraction of sp³-hybridized carbons (Fsp3) is 0.417. The highest BCUT2D eigenvalue weighted by molar-refractivity contribution is 5.90. The molecule has 0 aliphatic carbocycles. The lowest BCUT2D eigenvalue weighted by atomic mass is 9.99. The number of ether oxygens (including phenoxy) is 1. The van der Waals surface area contributed by atoms with E-state index >= 15 is 0 Å². The van der Waals surface area contributed by atoms with Gasteiger partial charge in [-0.2, -0.15) is 0 Å². The maximum Gasteiger partial charge on any atom is 0.344 e. The van der Waals surface area contributed by atoms with Crippen LogP contribution in [0.2, 0.25) is 0 Å². The lowest BCUT2D eigenvalue weighted by Gasteiger charge is -2.17. The van der Waals surface area contributed by atoms with Gasteiger partial charge in [0.2, 0.25) is 0 Å². The van der Waals surface area contributed by atoms with Gasteiger partial charge in [-0.25, -0.2) is 13.6 Å². The van der Waals surface area contributed by atoms with Gasteiger partial charge in [-0.15, -0.1) is 0 Å². The van der Waals surface area contributed by atoms with E-state index in [2.05, 4.69) is 0 Å². The van der Waals surface area contributed by atoms with Crippen LogP contribution in [0.5, 0.6) is 0 Å². The van der Waals surface area contributed by atoms with Gasteiger partial charge in [0.15, 0.2) is 0 Å². The highest BCUT2D eigenvalue weighted by Crippen LogP contribution is 2.17. The summed E-state index contributed by atoms with van der Waals surface area (Å²) in [5.41, 5.74) is -0.871. The summed E-state index contributed by atoms with van der Waals surface area (Å²) in [5.74, 6) is -2.77. The highest BCUT2D eigenvalue weighted by atomic mass is 19.1. The van der Waals surface area contributed by atoms with Gasteiger partial charge in [0.1, 0.15) is 17.2 Å². The Labute approximate surface area is 93.2 Å². The van der Waals surface area contributed by atoms with E-state index in [1.165, 1.54) is 6.07 Å². The van der Waals surface area contributed by atoms with Crippen LogP contribution >= 0.6 is 0 Å². The van der Waals surface area contributed by atoms with Gasteiger partial charge < -0.3 is 4.74 Å². The smallest absolute Gasteiger partial charge is 0.344 e. The summed E-state index contributed by atoms with van der Waals surface area (Å²) in [5, 5.41) is 0. The second-order valence-electron chi connectivity index (χ2n) is 4.73. The van der Waals surface area contributed by atoms with Crippen molar-refractivity contribution >= 4 is 5.97 Å². The van der Waals surface area contributed by atoms with Crippen molar-refractivity contribution in [1.82, 2.24) is 0 Å². The zero-order valence-electron chi connectivity index (χ0n) is 9.51. The predicted octanol–water partition coefficient (Wildman–Crippen LogP) is 3.17. The molecule has 0 saturated carbocycles. The summed E-state index contributed by atoms with van der Waals surface area (Å²) in [4.78, 5) is 11.4. The molecular weight excluding hydrogens is 214 g/mol. The van der Waals surface area contributed by atoms with Crippen LogP contribution in [0, 0.1) is 17.0 Å². The third-order valence-corrected chi connectivity index (χ3v) is 1.80. The Morgan fingerprint density at radius 3 is 2.19 bits per heavy atom. The maximum absolute atomic E-state index is 13.2. The number of carbonyl (C=O) groups excluding carboxylic acids is 1. The molecule has 0 aliphatic rings. The third kappa shape index (κ3) is 3.29. The van der Waals surface area contributed by atoms with Crippen molar-refractivity contribution < 1.29 is 18.3 Å². The average Bonchev–Trinajstić information content (AvgIpc) is 2.13. The first-order valence-corrected chi connectivity index (χ1v) is 4.92. The van der Waals surface area contributed by atoms with E-state index in [-0.39, 0.29) is 12.0 Å². The molecule has 1 rings (SSSR count). The molecule has 0 spiro atoms. The molecule has 2 nitrogen and oxygen atoms in total. The average molecular weight is 228 g/mol. The van der Waals surface area contributed by atoms with E-state index in [9.17, 15) is 13.6 Å². The standard InChI is InChI=1S/C12H14F2O2/c1-12(2,3)7-16-11(15)10-8(13)5-4-6-9(10)14/h4-6H,7H2,1-3H3. The van der Waals surface area contributed by atoms with Crippen LogP contribution < -0.4 is 0 Å². The number of esters is 1. The molecule has 0 radical (unpaired) electrons. The number of halogens is 2. The monoisotopic (exact) mass is 228 g/mol. The van der Waals surface area contributed by atoms with Crippen molar-refractivity contribution in [3.63, 3.8) is 0 Å². The molecule has 0 aliphatic heterocycles.